The van der Waals surface area contributed by atoms with Gasteiger partial charge in [0.25, 0.3) is 5.91 Å². The quantitative estimate of drug-likeness (QED) is 0.799. The number of urea groups is 1. The third-order valence-corrected chi connectivity index (χ3v) is 5.02. The molecule has 0 spiro atoms. The van der Waals surface area contributed by atoms with E-state index in [1.54, 1.807) is 0 Å². The third kappa shape index (κ3) is 3.30. The summed E-state index contributed by atoms with van der Waals surface area (Å²) < 4.78 is 0. The molecule has 2 aromatic rings. The molecule has 1 atom stereocenters. The van der Waals surface area contributed by atoms with Gasteiger partial charge in [0.15, 0.2) is 0 Å². The Hall–Kier alpha value is -3.15. The summed E-state index contributed by atoms with van der Waals surface area (Å²) in [5.74, 6) is -0.811. The lowest BCUT2D eigenvalue weighted by Crippen LogP contribution is -2.44. The van der Waals surface area contributed by atoms with Crippen molar-refractivity contribution in [2.75, 3.05) is 11.9 Å². The van der Waals surface area contributed by atoms with Gasteiger partial charge in [-0.15, -0.1) is 0 Å². The fraction of sp³-hybridized carbons (Fsp3) is 0.286. The van der Waals surface area contributed by atoms with E-state index in [9.17, 15) is 14.4 Å². The summed E-state index contributed by atoms with van der Waals surface area (Å²) in [6, 6.07) is 14.3. The van der Waals surface area contributed by atoms with Gasteiger partial charge in [0.2, 0.25) is 5.91 Å². The summed E-state index contributed by atoms with van der Waals surface area (Å²) in [5.41, 5.74) is 2.14. The number of anilines is 1. The molecule has 1 saturated heterocycles. The van der Waals surface area contributed by atoms with Crippen molar-refractivity contribution < 1.29 is 14.4 Å². The van der Waals surface area contributed by atoms with Crippen LogP contribution in [-0.2, 0) is 15.1 Å². The fourth-order valence-corrected chi connectivity index (χ4v) is 3.47. The van der Waals surface area contributed by atoms with Crippen LogP contribution in [0.1, 0.15) is 30.0 Å². The molecule has 0 saturated carbocycles. The van der Waals surface area contributed by atoms with Crippen LogP contribution in [0.3, 0.4) is 0 Å². The van der Waals surface area contributed by atoms with Crippen LogP contribution in [0.5, 0.6) is 0 Å². The zero-order chi connectivity index (χ0) is 19.6. The monoisotopic (exact) mass is 365 g/mol. The Kier molecular flexibility index (Phi) is 4.99. The number of hydrogen-bond acceptors (Lipinski definition) is 3. The highest BCUT2D eigenvalue weighted by Gasteiger charge is 2.51. The molecule has 0 aliphatic carbocycles. The summed E-state index contributed by atoms with van der Waals surface area (Å²) in [4.78, 5) is 39.0. The lowest BCUT2D eigenvalue weighted by atomic mass is 9.87. The van der Waals surface area contributed by atoms with Crippen molar-refractivity contribution in [2.24, 2.45) is 0 Å². The Morgan fingerprint density at radius 1 is 1.04 bits per heavy atom. The number of rotatable bonds is 5. The molecule has 1 heterocycles. The van der Waals surface area contributed by atoms with Gasteiger partial charge in [-0.1, -0.05) is 55.5 Å². The summed E-state index contributed by atoms with van der Waals surface area (Å²) in [7, 11) is 0. The molecule has 6 heteroatoms. The molecule has 1 aliphatic heterocycles. The van der Waals surface area contributed by atoms with Gasteiger partial charge in [-0.2, -0.15) is 0 Å². The van der Waals surface area contributed by atoms with Crippen molar-refractivity contribution in [2.45, 2.75) is 32.7 Å². The van der Waals surface area contributed by atoms with Crippen molar-refractivity contribution in [3.05, 3.63) is 65.2 Å². The zero-order valence-corrected chi connectivity index (χ0v) is 15.7. The van der Waals surface area contributed by atoms with Crippen molar-refractivity contribution in [1.82, 2.24) is 10.2 Å². The van der Waals surface area contributed by atoms with E-state index in [-0.39, 0.29) is 6.54 Å². The molecule has 6 nitrogen and oxygen atoms in total. The number of nitrogens with zero attached hydrogens (tertiary/aromatic N) is 1. The van der Waals surface area contributed by atoms with Crippen molar-refractivity contribution in [3.63, 3.8) is 0 Å². The average molecular weight is 365 g/mol. The molecule has 1 unspecified atom stereocenters. The minimum absolute atomic E-state index is 0.326. The van der Waals surface area contributed by atoms with Crippen LogP contribution < -0.4 is 10.6 Å². The van der Waals surface area contributed by atoms with Gasteiger partial charge in [-0.3, -0.25) is 14.5 Å². The smallest absolute Gasteiger partial charge is 0.324 e. The van der Waals surface area contributed by atoms with E-state index >= 15 is 0 Å². The van der Waals surface area contributed by atoms with Gasteiger partial charge in [0, 0.05) is 5.69 Å². The number of carbonyl (C=O) groups is 3. The first-order valence-corrected chi connectivity index (χ1v) is 8.94. The van der Waals surface area contributed by atoms with E-state index in [2.05, 4.69) is 10.6 Å². The number of carbonyl (C=O) groups excluding carboxylic acids is 3. The predicted molar refractivity (Wildman–Crippen MR) is 103 cm³/mol. The van der Waals surface area contributed by atoms with Gasteiger partial charge >= 0.3 is 6.03 Å². The van der Waals surface area contributed by atoms with E-state index in [0.717, 1.165) is 16.0 Å². The summed E-state index contributed by atoms with van der Waals surface area (Å²) in [6.45, 7) is 5.31. The van der Waals surface area contributed by atoms with Crippen LogP contribution >= 0.6 is 0 Å². The first-order chi connectivity index (χ1) is 12.9. The van der Waals surface area contributed by atoms with Crippen LogP contribution in [0, 0.1) is 13.8 Å². The Balaban J connectivity index is 1.81. The van der Waals surface area contributed by atoms with Crippen molar-refractivity contribution in [3.8, 4) is 0 Å². The predicted octanol–water partition coefficient (Wildman–Crippen LogP) is 3.10. The minimum atomic E-state index is -1.13. The maximum Gasteiger partial charge on any atom is 0.325 e. The number of para-hydroxylation sites is 1. The molecular formula is C21H23N3O3. The molecule has 0 aromatic heterocycles. The molecule has 0 bridgehead atoms. The lowest BCUT2D eigenvalue weighted by molar-refractivity contribution is -0.134. The number of aryl methyl sites for hydroxylation is 2. The molecule has 4 amide bonds. The molecule has 3 rings (SSSR count). The normalized spacial score (nSPS) is 19.1. The van der Waals surface area contributed by atoms with Gasteiger partial charge in [-0.05, 0) is 37.0 Å². The highest BCUT2D eigenvalue weighted by atomic mass is 16.2. The van der Waals surface area contributed by atoms with Crippen LogP contribution in [0.25, 0.3) is 0 Å². The highest BCUT2D eigenvalue weighted by Crippen LogP contribution is 2.32. The first kappa shape index (κ1) is 18.6. The second-order valence-corrected chi connectivity index (χ2v) is 6.76. The first-order valence-electron chi connectivity index (χ1n) is 8.94. The molecule has 1 aliphatic rings. The molecular weight excluding hydrogens is 342 g/mol. The highest BCUT2D eigenvalue weighted by molar-refractivity contribution is 6.10. The number of nitrogens with one attached hydrogen (secondary N) is 2. The maximum atomic E-state index is 13.1. The summed E-state index contributed by atoms with van der Waals surface area (Å²) >= 11 is 0. The number of benzene rings is 2. The molecule has 140 valence electrons. The third-order valence-electron chi connectivity index (χ3n) is 5.02. The SMILES string of the molecule is CCC1(c2ccccc2)NC(=O)N(CC(=O)Nc2c(C)cccc2C)C1=O. The summed E-state index contributed by atoms with van der Waals surface area (Å²) in [6.07, 6.45) is 0.399. The largest absolute Gasteiger partial charge is 0.325 e. The van der Waals surface area contributed by atoms with E-state index in [0.29, 0.717) is 17.7 Å². The molecule has 27 heavy (non-hydrogen) atoms. The van der Waals surface area contributed by atoms with Gasteiger partial charge < -0.3 is 10.6 Å². The van der Waals surface area contributed by atoms with Gasteiger partial charge in [0.05, 0.1) is 0 Å². The molecule has 1 fully saturated rings. The Labute approximate surface area is 158 Å². The van der Waals surface area contributed by atoms with Gasteiger partial charge in [-0.25, -0.2) is 4.79 Å². The second kappa shape index (κ2) is 7.23. The van der Waals surface area contributed by atoms with E-state index < -0.39 is 23.4 Å². The minimum Gasteiger partial charge on any atom is -0.324 e. The van der Waals surface area contributed by atoms with Crippen molar-refractivity contribution in [1.29, 1.82) is 0 Å². The zero-order valence-electron chi connectivity index (χ0n) is 15.7. The Bertz CT molecular complexity index is 875. The van der Waals surface area contributed by atoms with Gasteiger partial charge in [0.1, 0.15) is 12.1 Å². The van der Waals surface area contributed by atoms with E-state index in [1.807, 2.05) is 69.3 Å². The topological polar surface area (TPSA) is 78.5 Å². The average Bonchev–Trinajstić information content (AvgIpc) is 2.90. The molecule has 2 N–H and O–H groups in total. The van der Waals surface area contributed by atoms with Crippen molar-refractivity contribution >= 4 is 23.5 Å². The van der Waals surface area contributed by atoms with E-state index in [4.69, 9.17) is 0 Å². The lowest BCUT2D eigenvalue weighted by Gasteiger charge is -2.25. The second-order valence-electron chi connectivity index (χ2n) is 6.76. The molecule has 0 radical (unpaired) electrons. The number of hydrogen-bond donors (Lipinski definition) is 2. The van der Waals surface area contributed by atoms with Crippen LogP contribution in [-0.4, -0.2) is 29.3 Å². The Morgan fingerprint density at radius 2 is 1.67 bits per heavy atom. The molecule has 2 aromatic carbocycles. The van der Waals surface area contributed by atoms with Crippen LogP contribution in [0.2, 0.25) is 0 Å². The van der Waals surface area contributed by atoms with E-state index in [1.165, 1.54) is 0 Å². The number of imide groups is 1. The Morgan fingerprint density at radius 3 is 2.26 bits per heavy atom. The number of amides is 4. The fourth-order valence-electron chi connectivity index (χ4n) is 3.47. The van der Waals surface area contributed by atoms with Crippen LogP contribution in [0.15, 0.2) is 48.5 Å². The maximum absolute atomic E-state index is 13.1. The standard InChI is InChI=1S/C21H23N3O3/c1-4-21(16-11-6-5-7-12-16)19(26)24(20(27)23-21)13-17(25)22-18-14(2)9-8-10-15(18)3/h5-12H,4,13H2,1-3H3,(H,22,25)(H,23,27). The summed E-state index contributed by atoms with van der Waals surface area (Å²) in [5, 5.41) is 5.60. The van der Waals surface area contributed by atoms with Crippen LogP contribution in [0.4, 0.5) is 10.5 Å².